The Morgan fingerprint density at radius 1 is 1.00 bits per heavy atom. The van der Waals surface area contributed by atoms with Crippen molar-refractivity contribution in [3.63, 3.8) is 0 Å². The smallest absolute Gasteiger partial charge is 0.161 e. The molecule has 0 saturated carbocycles. The number of hydrogen-bond acceptors (Lipinski definition) is 4. The Morgan fingerprint density at radius 3 is 2.67 bits per heavy atom. The van der Waals surface area contributed by atoms with Crippen molar-refractivity contribution in [1.29, 1.82) is 0 Å². The third-order valence-electron chi connectivity index (χ3n) is 5.01. The van der Waals surface area contributed by atoms with E-state index in [-0.39, 0.29) is 12.2 Å². The molecule has 2 aromatic carbocycles. The Balaban J connectivity index is 1.66. The molecule has 4 rings (SSSR count). The van der Waals surface area contributed by atoms with Crippen LogP contribution in [0.25, 0.3) is 0 Å². The standard InChI is InChI=1S/C20H22O4/c1-21-18-8-7-14(12-19(18)22-2)20-15-11-13-5-3-4-6-16(13)24-17(15)9-10-23-20/h3-8,12,15,17,20H,9-11H2,1-2H3/t15-,17-,20-/m0/s1. The van der Waals surface area contributed by atoms with Crippen molar-refractivity contribution < 1.29 is 18.9 Å². The molecule has 2 aromatic rings. The maximum Gasteiger partial charge on any atom is 0.161 e. The molecule has 0 unspecified atom stereocenters. The minimum absolute atomic E-state index is 0.0110. The summed E-state index contributed by atoms with van der Waals surface area (Å²) < 4.78 is 23.2. The molecule has 2 heterocycles. The fourth-order valence-corrected chi connectivity index (χ4v) is 3.81. The largest absolute Gasteiger partial charge is 0.493 e. The lowest BCUT2D eigenvalue weighted by Crippen LogP contribution is -2.42. The highest BCUT2D eigenvalue weighted by Crippen LogP contribution is 2.44. The zero-order chi connectivity index (χ0) is 16.5. The first kappa shape index (κ1) is 15.3. The van der Waals surface area contributed by atoms with Gasteiger partial charge in [0.15, 0.2) is 11.5 Å². The van der Waals surface area contributed by atoms with E-state index in [0.29, 0.717) is 12.5 Å². The van der Waals surface area contributed by atoms with Crippen LogP contribution in [0.1, 0.15) is 23.7 Å². The summed E-state index contributed by atoms with van der Waals surface area (Å²) in [5.74, 6) is 2.80. The van der Waals surface area contributed by atoms with Gasteiger partial charge < -0.3 is 18.9 Å². The van der Waals surface area contributed by atoms with Gasteiger partial charge in [0.1, 0.15) is 11.9 Å². The van der Waals surface area contributed by atoms with Crippen LogP contribution in [0, 0.1) is 5.92 Å². The zero-order valence-corrected chi connectivity index (χ0v) is 14.0. The molecule has 0 amide bonds. The maximum absolute atomic E-state index is 6.25. The van der Waals surface area contributed by atoms with Gasteiger partial charge in [-0.05, 0) is 35.7 Å². The van der Waals surface area contributed by atoms with E-state index in [1.54, 1.807) is 14.2 Å². The van der Waals surface area contributed by atoms with Crippen LogP contribution in [0.15, 0.2) is 42.5 Å². The Kier molecular flexibility index (Phi) is 4.07. The van der Waals surface area contributed by atoms with Crippen LogP contribution >= 0.6 is 0 Å². The number of methoxy groups -OCH3 is 2. The average Bonchev–Trinajstić information content (AvgIpc) is 2.65. The van der Waals surface area contributed by atoms with Crippen LogP contribution in [0.4, 0.5) is 0 Å². The molecule has 0 radical (unpaired) electrons. The van der Waals surface area contributed by atoms with Crippen molar-refractivity contribution in [2.45, 2.75) is 25.0 Å². The zero-order valence-electron chi connectivity index (χ0n) is 14.0. The highest BCUT2D eigenvalue weighted by Gasteiger charge is 2.40. The second-order valence-corrected chi connectivity index (χ2v) is 6.33. The molecule has 1 saturated heterocycles. The van der Waals surface area contributed by atoms with Gasteiger partial charge in [-0.3, -0.25) is 0 Å². The van der Waals surface area contributed by atoms with Gasteiger partial charge in [-0.25, -0.2) is 0 Å². The molecule has 0 N–H and O–H groups in total. The lowest BCUT2D eigenvalue weighted by atomic mass is 9.80. The first-order chi connectivity index (χ1) is 11.8. The minimum atomic E-state index is 0.0110. The summed E-state index contributed by atoms with van der Waals surface area (Å²) in [6.45, 7) is 0.711. The van der Waals surface area contributed by atoms with Crippen LogP contribution in [0.5, 0.6) is 17.2 Å². The molecule has 0 aromatic heterocycles. The third kappa shape index (κ3) is 2.61. The summed E-state index contributed by atoms with van der Waals surface area (Å²) in [6.07, 6.45) is 2.12. The molecule has 0 aliphatic carbocycles. The lowest BCUT2D eigenvalue weighted by Gasteiger charge is -2.42. The summed E-state index contributed by atoms with van der Waals surface area (Å²) in [5.41, 5.74) is 2.38. The molecule has 4 heteroatoms. The first-order valence-corrected chi connectivity index (χ1v) is 8.38. The van der Waals surface area contributed by atoms with Crippen molar-refractivity contribution >= 4 is 0 Å². The van der Waals surface area contributed by atoms with E-state index in [0.717, 1.165) is 35.7 Å². The van der Waals surface area contributed by atoms with Gasteiger partial charge in [0.2, 0.25) is 0 Å². The van der Waals surface area contributed by atoms with Crippen LogP contribution < -0.4 is 14.2 Å². The molecule has 0 spiro atoms. The number of ether oxygens (including phenoxy) is 4. The summed E-state index contributed by atoms with van der Waals surface area (Å²) in [5, 5.41) is 0. The van der Waals surface area contributed by atoms with Crippen LogP contribution in [-0.2, 0) is 11.2 Å². The van der Waals surface area contributed by atoms with E-state index < -0.39 is 0 Å². The number of para-hydroxylation sites is 1. The number of benzene rings is 2. The quantitative estimate of drug-likeness (QED) is 0.860. The van der Waals surface area contributed by atoms with Crippen molar-refractivity contribution in [2.24, 2.45) is 5.92 Å². The Bertz CT molecular complexity index is 727. The summed E-state index contributed by atoms with van der Waals surface area (Å²) in [4.78, 5) is 0. The van der Waals surface area contributed by atoms with Gasteiger partial charge >= 0.3 is 0 Å². The van der Waals surface area contributed by atoms with Gasteiger partial charge in [0.05, 0.1) is 26.9 Å². The Morgan fingerprint density at radius 2 is 1.83 bits per heavy atom. The van der Waals surface area contributed by atoms with E-state index >= 15 is 0 Å². The van der Waals surface area contributed by atoms with Gasteiger partial charge in [-0.15, -0.1) is 0 Å². The fourth-order valence-electron chi connectivity index (χ4n) is 3.81. The predicted octanol–water partition coefficient (Wildman–Crippen LogP) is 3.79. The molecule has 4 nitrogen and oxygen atoms in total. The van der Waals surface area contributed by atoms with E-state index in [1.165, 1.54) is 5.56 Å². The van der Waals surface area contributed by atoms with Gasteiger partial charge in [0.25, 0.3) is 0 Å². The van der Waals surface area contributed by atoms with Crippen molar-refractivity contribution in [2.75, 3.05) is 20.8 Å². The topological polar surface area (TPSA) is 36.9 Å². The summed E-state index contributed by atoms with van der Waals surface area (Å²) >= 11 is 0. The van der Waals surface area contributed by atoms with Crippen molar-refractivity contribution in [1.82, 2.24) is 0 Å². The van der Waals surface area contributed by atoms with E-state index in [4.69, 9.17) is 18.9 Å². The molecular weight excluding hydrogens is 304 g/mol. The van der Waals surface area contributed by atoms with Gasteiger partial charge in [0, 0.05) is 12.3 Å². The fraction of sp³-hybridized carbons (Fsp3) is 0.400. The molecule has 24 heavy (non-hydrogen) atoms. The molecule has 2 aliphatic rings. The first-order valence-electron chi connectivity index (χ1n) is 8.38. The van der Waals surface area contributed by atoms with E-state index in [2.05, 4.69) is 24.3 Å². The monoisotopic (exact) mass is 326 g/mol. The summed E-state index contributed by atoms with van der Waals surface area (Å²) in [6, 6.07) is 14.3. The number of hydrogen-bond donors (Lipinski definition) is 0. The second kappa shape index (κ2) is 6.36. The second-order valence-electron chi connectivity index (χ2n) is 6.33. The number of rotatable bonds is 3. The Hall–Kier alpha value is -2.20. The molecule has 3 atom stereocenters. The molecule has 126 valence electrons. The molecule has 2 aliphatic heterocycles. The van der Waals surface area contributed by atoms with Gasteiger partial charge in [-0.2, -0.15) is 0 Å². The van der Waals surface area contributed by atoms with Crippen molar-refractivity contribution in [3.8, 4) is 17.2 Å². The van der Waals surface area contributed by atoms with Crippen LogP contribution in [-0.4, -0.2) is 26.9 Å². The SMILES string of the molecule is COc1ccc([C@@H]2OCC[C@@H]3Oc4ccccc4C[C@@H]32)cc1OC. The highest BCUT2D eigenvalue weighted by atomic mass is 16.5. The van der Waals surface area contributed by atoms with E-state index in [1.807, 2.05) is 18.2 Å². The predicted molar refractivity (Wildman–Crippen MR) is 90.9 cm³/mol. The van der Waals surface area contributed by atoms with Crippen LogP contribution in [0.3, 0.4) is 0 Å². The normalized spacial score (nSPS) is 25.2. The van der Waals surface area contributed by atoms with Gasteiger partial charge in [-0.1, -0.05) is 24.3 Å². The van der Waals surface area contributed by atoms with E-state index in [9.17, 15) is 0 Å². The third-order valence-corrected chi connectivity index (χ3v) is 5.01. The minimum Gasteiger partial charge on any atom is -0.493 e. The molecular formula is C20H22O4. The molecule has 0 bridgehead atoms. The lowest BCUT2D eigenvalue weighted by molar-refractivity contribution is -0.0920. The summed E-state index contributed by atoms with van der Waals surface area (Å²) in [7, 11) is 3.31. The molecule has 1 fully saturated rings. The average molecular weight is 326 g/mol. The highest BCUT2D eigenvalue weighted by molar-refractivity contribution is 5.44. The number of fused-ring (bicyclic) bond motifs is 2. The van der Waals surface area contributed by atoms with Crippen molar-refractivity contribution in [3.05, 3.63) is 53.6 Å². The van der Waals surface area contributed by atoms with Crippen LogP contribution in [0.2, 0.25) is 0 Å². The Labute approximate surface area is 142 Å². The maximum atomic E-state index is 6.25.